The highest BCUT2D eigenvalue weighted by atomic mass is 32.1. The van der Waals surface area contributed by atoms with E-state index in [2.05, 4.69) is 17.8 Å². The lowest BCUT2D eigenvalue weighted by atomic mass is 10.5. The molecule has 0 atom stereocenters. The SMILES string of the molecule is NNN(C=S)CCOC(=O)/C=C/C=O. The number of aldehydes is 1. The zero-order valence-corrected chi connectivity index (χ0v) is 8.20. The predicted molar refractivity (Wildman–Crippen MR) is 53.8 cm³/mol. The molecule has 0 aliphatic rings. The van der Waals surface area contributed by atoms with Gasteiger partial charge in [0.1, 0.15) is 12.9 Å². The van der Waals surface area contributed by atoms with Crippen LogP contribution in [0, 0.1) is 0 Å². The van der Waals surface area contributed by atoms with Crippen LogP contribution in [0.15, 0.2) is 12.2 Å². The van der Waals surface area contributed by atoms with Gasteiger partial charge in [-0.05, 0) is 6.08 Å². The third-order valence-corrected chi connectivity index (χ3v) is 1.43. The highest BCUT2D eigenvalue weighted by Gasteiger charge is 1.99. The molecule has 3 N–H and O–H groups in total. The summed E-state index contributed by atoms with van der Waals surface area (Å²) < 4.78 is 4.69. The molecule has 0 radical (unpaired) electrons. The van der Waals surface area contributed by atoms with Crippen LogP contribution in [0.4, 0.5) is 0 Å². The van der Waals surface area contributed by atoms with E-state index in [0.29, 0.717) is 12.8 Å². The van der Waals surface area contributed by atoms with Crippen LogP contribution in [0.3, 0.4) is 0 Å². The van der Waals surface area contributed by atoms with Gasteiger partial charge in [-0.15, -0.1) is 0 Å². The van der Waals surface area contributed by atoms with Crippen LogP contribution in [-0.2, 0) is 14.3 Å². The van der Waals surface area contributed by atoms with Crippen molar-refractivity contribution in [2.75, 3.05) is 13.2 Å². The number of thiocarbonyl (C=S) groups is 1. The lowest BCUT2D eigenvalue weighted by Crippen LogP contribution is -2.43. The van der Waals surface area contributed by atoms with Crippen molar-refractivity contribution in [2.24, 2.45) is 5.84 Å². The van der Waals surface area contributed by atoms with Gasteiger partial charge in [-0.1, -0.05) is 12.2 Å². The standard InChI is InChI=1S/C7H11N3O3S/c8-9-10(6-14)3-5-13-7(12)2-1-4-11/h1-2,4,6,9H,3,5,8H2/b2-1+. The Balaban J connectivity index is 3.62. The van der Waals surface area contributed by atoms with E-state index in [4.69, 9.17) is 10.6 Å². The van der Waals surface area contributed by atoms with Crippen LogP contribution in [0.1, 0.15) is 0 Å². The van der Waals surface area contributed by atoms with Gasteiger partial charge in [-0.2, -0.15) is 5.53 Å². The molecular weight excluding hydrogens is 206 g/mol. The number of hydrazine groups is 2. The van der Waals surface area contributed by atoms with Gasteiger partial charge < -0.3 is 4.74 Å². The van der Waals surface area contributed by atoms with Crippen LogP contribution in [0.25, 0.3) is 0 Å². The number of nitrogens with one attached hydrogen (secondary N) is 1. The van der Waals surface area contributed by atoms with Gasteiger partial charge in [0, 0.05) is 6.08 Å². The molecule has 0 aliphatic carbocycles. The van der Waals surface area contributed by atoms with Crippen molar-refractivity contribution in [3.05, 3.63) is 12.2 Å². The first-order chi connectivity index (χ1) is 6.74. The Morgan fingerprint density at radius 1 is 1.64 bits per heavy atom. The monoisotopic (exact) mass is 217 g/mol. The van der Waals surface area contributed by atoms with Crippen LogP contribution in [0.2, 0.25) is 0 Å². The molecule has 0 fully saturated rings. The van der Waals surface area contributed by atoms with Gasteiger partial charge in [-0.3, -0.25) is 15.6 Å². The molecule has 0 rings (SSSR count). The Bertz CT molecular complexity index is 232. The zero-order chi connectivity index (χ0) is 10.8. The molecule has 0 spiro atoms. The second-order valence-electron chi connectivity index (χ2n) is 2.09. The molecule has 0 aromatic heterocycles. The number of hydrogen-bond donors (Lipinski definition) is 2. The Labute approximate surface area is 86.6 Å². The first-order valence-electron chi connectivity index (χ1n) is 3.71. The highest BCUT2D eigenvalue weighted by molar-refractivity contribution is 7.78. The molecule has 0 aromatic rings. The van der Waals surface area contributed by atoms with Crippen LogP contribution >= 0.6 is 12.2 Å². The van der Waals surface area contributed by atoms with Crippen molar-refractivity contribution in [2.45, 2.75) is 0 Å². The number of hydrogen-bond acceptors (Lipinski definition) is 6. The van der Waals surface area contributed by atoms with E-state index < -0.39 is 5.97 Å². The lowest BCUT2D eigenvalue weighted by molar-refractivity contribution is -0.138. The minimum absolute atomic E-state index is 0.124. The summed E-state index contributed by atoms with van der Waals surface area (Å²) in [7, 11) is 0. The Kier molecular flexibility index (Phi) is 7.52. The van der Waals surface area contributed by atoms with E-state index in [1.807, 2.05) is 0 Å². The molecule has 0 saturated carbocycles. The van der Waals surface area contributed by atoms with E-state index in [0.717, 1.165) is 12.2 Å². The molecule has 14 heavy (non-hydrogen) atoms. The van der Waals surface area contributed by atoms with Crippen molar-refractivity contribution < 1.29 is 14.3 Å². The summed E-state index contributed by atoms with van der Waals surface area (Å²) in [6.45, 7) is 0.458. The maximum absolute atomic E-state index is 10.8. The van der Waals surface area contributed by atoms with Crippen LogP contribution < -0.4 is 11.4 Å². The molecule has 0 amide bonds. The summed E-state index contributed by atoms with van der Waals surface area (Å²) in [5.74, 6) is 4.47. The van der Waals surface area contributed by atoms with Gasteiger partial charge >= 0.3 is 5.97 Å². The quantitative estimate of drug-likeness (QED) is 0.140. The molecule has 0 unspecified atom stereocenters. The topological polar surface area (TPSA) is 84.7 Å². The predicted octanol–water partition coefficient (Wildman–Crippen LogP) is -1.08. The van der Waals surface area contributed by atoms with Crippen molar-refractivity contribution in [3.63, 3.8) is 0 Å². The normalized spacial score (nSPS) is 9.79. The fraction of sp³-hybridized carbons (Fsp3) is 0.286. The average molecular weight is 217 g/mol. The first kappa shape index (κ1) is 12.7. The van der Waals surface area contributed by atoms with E-state index in [1.165, 1.54) is 10.5 Å². The highest BCUT2D eigenvalue weighted by Crippen LogP contribution is 1.83. The van der Waals surface area contributed by atoms with E-state index >= 15 is 0 Å². The second kappa shape index (κ2) is 8.30. The Morgan fingerprint density at radius 3 is 2.86 bits per heavy atom. The minimum Gasteiger partial charge on any atom is -0.461 e. The van der Waals surface area contributed by atoms with E-state index in [9.17, 15) is 9.59 Å². The molecule has 6 nitrogen and oxygen atoms in total. The van der Waals surface area contributed by atoms with Gasteiger partial charge in [-0.25, -0.2) is 4.79 Å². The molecule has 0 heterocycles. The number of carbonyl (C=O) groups excluding carboxylic acids is 2. The number of allylic oxidation sites excluding steroid dienone is 1. The number of nitrogens with two attached hydrogens (primary N) is 1. The summed E-state index contributed by atoms with van der Waals surface area (Å²) in [6, 6.07) is 0. The number of nitrogens with zero attached hydrogens (tertiary/aromatic N) is 1. The molecule has 0 aromatic carbocycles. The molecule has 0 saturated heterocycles. The first-order valence-corrected chi connectivity index (χ1v) is 4.18. The largest absolute Gasteiger partial charge is 0.461 e. The number of esters is 1. The molecule has 0 bridgehead atoms. The Hall–Kier alpha value is -1.31. The van der Waals surface area contributed by atoms with Gasteiger partial charge in [0.05, 0.1) is 12.0 Å². The average Bonchev–Trinajstić information content (AvgIpc) is 2.21. The fourth-order valence-electron chi connectivity index (χ4n) is 0.558. The van der Waals surface area contributed by atoms with Gasteiger partial charge in [0.25, 0.3) is 0 Å². The maximum atomic E-state index is 10.8. The smallest absolute Gasteiger partial charge is 0.330 e. The van der Waals surface area contributed by atoms with Gasteiger partial charge in [0.2, 0.25) is 0 Å². The summed E-state index contributed by atoms with van der Waals surface area (Å²) >= 11 is 4.58. The lowest BCUT2D eigenvalue weighted by Gasteiger charge is -2.15. The molecule has 7 heteroatoms. The number of ether oxygens (including phenoxy) is 1. The summed E-state index contributed by atoms with van der Waals surface area (Å²) in [6.07, 6.45) is 2.58. The summed E-state index contributed by atoms with van der Waals surface area (Å²) in [5.41, 5.74) is 3.56. The van der Waals surface area contributed by atoms with Crippen LogP contribution in [0.5, 0.6) is 0 Å². The van der Waals surface area contributed by atoms with E-state index in [1.54, 1.807) is 0 Å². The molecule has 0 aliphatic heterocycles. The number of rotatable bonds is 7. The Morgan fingerprint density at radius 2 is 2.36 bits per heavy atom. The van der Waals surface area contributed by atoms with Crippen molar-refractivity contribution in [3.8, 4) is 0 Å². The fourth-order valence-corrected chi connectivity index (χ4v) is 0.724. The third kappa shape index (κ3) is 6.23. The minimum atomic E-state index is -0.585. The molecular formula is C7H11N3O3S. The van der Waals surface area contributed by atoms with Crippen molar-refractivity contribution >= 4 is 30.0 Å². The third-order valence-electron chi connectivity index (χ3n) is 1.18. The van der Waals surface area contributed by atoms with Crippen molar-refractivity contribution in [1.82, 2.24) is 10.5 Å². The molecule has 78 valence electrons. The number of carbonyl (C=O) groups is 2. The van der Waals surface area contributed by atoms with Gasteiger partial charge in [0.15, 0.2) is 0 Å². The van der Waals surface area contributed by atoms with Crippen LogP contribution in [-0.4, -0.2) is 35.9 Å². The van der Waals surface area contributed by atoms with E-state index in [-0.39, 0.29) is 6.61 Å². The summed E-state index contributed by atoms with van der Waals surface area (Å²) in [4.78, 5) is 20.6. The maximum Gasteiger partial charge on any atom is 0.330 e. The summed E-state index contributed by atoms with van der Waals surface area (Å²) in [5, 5.41) is 1.37. The van der Waals surface area contributed by atoms with Crippen molar-refractivity contribution in [1.29, 1.82) is 0 Å². The zero-order valence-electron chi connectivity index (χ0n) is 7.38. The second-order valence-corrected chi connectivity index (χ2v) is 2.30.